The summed E-state index contributed by atoms with van der Waals surface area (Å²) < 4.78 is 9.92. The molecule has 1 aromatic rings. The smallest absolute Gasteiger partial charge is 0.119 e. The van der Waals surface area contributed by atoms with Gasteiger partial charge in [0.15, 0.2) is 0 Å². The van der Waals surface area contributed by atoms with Crippen molar-refractivity contribution < 1.29 is 14.6 Å². The third-order valence-electron chi connectivity index (χ3n) is 1.30. The fraction of sp³-hybridized carbons (Fsp3) is 0.333. The average molecular weight is 170 g/mol. The zero-order chi connectivity index (χ0) is 9.40. The van der Waals surface area contributed by atoms with E-state index in [1.165, 1.54) is 0 Å². The summed E-state index contributed by atoms with van der Waals surface area (Å²) in [4.78, 5) is 0. The molecule has 0 saturated carbocycles. The SMILES string of the molecule is CO.COc1ccc(OC)cc1. The molecule has 0 bridgehead atoms. The molecule has 1 aromatic carbocycles. The number of ether oxygens (including phenoxy) is 2. The molecule has 0 spiro atoms. The lowest BCUT2D eigenvalue weighted by Gasteiger charge is -2.00. The van der Waals surface area contributed by atoms with E-state index in [1.807, 2.05) is 24.3 Å². The topological polar surface area (TPSA) is 38.7 Å². The number of methoxy groups -OCH3 is 2. The summed E-state index contributed by atoms with van der Waals surface area (Å²) in [6.45, 7) is 0. The van der Waals surface area contributed by atoms with Crippen LogP contribution in [0.2, 0.25) is 0 Å². The van der Waals surface area contributed by atoms with Gasteiger partial charge >= 0.3 is 0 Å². The minimum atomic E-state index is 0.848. The zero-order valence-corrected chi connectivity index (χ0v) is 7.57. The molecule has 0 aliphatic heterocycles. The lowest BCUT2D eigenvalue weighted by Crippen LogP contribution is -1.83. The molecular formula is C9H14O3. The molecule has 0 amide bonds. The number of aliphatic hydroxyl groups is 1. The first kappa shape index (κ1) is 10.8. The second kappa shape index (κ2) is 6.49. The Hall–Kier alpha value is -1.22. The van der Waals surface area contributed by atoms with E-state index in [4.69, 9.17) is 14.6 Å². The predicted octanol–water partition coefficient (Wildman–Crippen LogP) is 1.31. The van der Waals surface area contributed by atoms with Crippen LogP contribution in [0, 0.1) is 0 Å². The summed E-state index contributed by atoms with van der Waals surface area (Å²) in [6.07, 6.45) is 0. The van der Waals surface area contributed by atoms with Crippen molar-refractivity contribution in [3.63, 3.8) is 0 Å². The molecule has 0 aromatic heterocycles. The van der Waals surface area contributed by atoms with Gasteiger partial charge < -0.3 is 14.6 Å². The van der Waals surface area contributed by atoms with Crippen molar-refractivity contribution in [3.8, 4) is 11.5 Å². The lowest BCUT2D eigenvalue weighted by atomic mass is 10.3. The van der Waals surface area contributed by atoms with Gasteiger partial charge in [-0.05, 0) is 24.3 Å². The zero-order valence-electron chi connectivity index (χ0n) is 7.57. The molecule has 3 nitrogen and oxygen atoms in total. The molecule has 0 saturated heterocycles. The summed E-state index contributed by atoms with van der Waals surface area (Å²) in [5.41, 5.74) is 0. The minimum Gasteiger partial charge on any atom is -0.497 e. The number of rotatable bonds is 2. The Morgan fingerprint density at radius 3 is 1.25 bits per heavy atom. The number of aliphatic hydroxyl groups excluding tert-OH is 1. The highest BCUT2D eigenvalue weighted by molar-refractivity contribution is 5.30. The molecular weight excluding hydrogens is 156 g/mol. The van der Waals surface area contributed by atoms with Crippen molar-refractivity contribution in [1.82, 2.24) is 0 Å². The minimum absolute atomic E-state index is 0.848. The van der Waals surface area contributed by atoms with Gasteiger partial charge in [-0.1, -0.05) is 0 Å². The molecule has 0 radical (unpaired) electrons. The van der Waals surface area contributed by atoms with Crippen LogP contribution in [-0.2, 0) is 0 Å². The van der Waals surface area contributed by atoms with Crippen LogP contribution in [0.15, 0.2) is 24.3 Å². The van der Waals surface area contributed by atoms with Gasteiger partial charge in [-0.3, -0.25) is 0 Å². The predicted molar refractivity (Wildman–Crippen MR) is 47.7 cm³/mol. The van der Waals surface area contributed by atoms with Gasteiger partial charge in [0.2, 0.25) is 0 Å². The van der Waals surface area contributed by atoms with Crippen molar-refractivity contribution in [2.24, 2.45) is 0 Å². The average Bonchev–Trinajstić information content (AvgIpc) is 2.21. The molecule has 68 valence electrons. The van der Waals surface area contributed by atoms with E-state index in [1.54, 1.807) is 14.2 Å². The molecule has 1 N–H and O–H groups in total. The van der Waals surface area contributed by atoms with E-state index in [9.17, 15) is 0 Å². The highest BCUT2D eigenvalue weighted by Crippen LogP contribution is 2.15. The van der Waals surface area contributed by atoms with Gasteiger partial charge in [-0.25, -0.2) is 0 Å². The maximum atomic E-state index is 7.00. The maximum Gasteiger partial charge on any atom is 0.119 e. The van der Waals surface area contributed by atoms with Crippen LogP contribution < -0.4 is 9.47 Å². The van der Waals surface area contributed by atoms with E-state index in [0.717, 1.165) is 18.6 Å². The number of benzene rings is 1. The molecule has 0 atom stereocenters. The van der Waals surface area contributed by atoms with E-state index in [2.05, 4.69) is 0 Å². The second-order valence-corrected chi connectivity index (χ2v) is 1.88. The van der Waals surface area contributed by atoms with E-state index >= 15 is 0 Å². The Morgan fingerprint density at radius 1 is 0.833 bits per heavy atom. The fourth-order valence-electron chi connectivity index (χ4n) is 0.712. The third kappa shape index (κ3) is 3.25. The Morgan fingerprint density at radius 2 is 1.08 bits per heavy atom. The van der Waals surface area contributed by atoms with Crippen molar-refractivity contribution in [1.29, 1.82) is 0 Å². The molecule has 0 unspecified atom stereocenters. The molecule has 1 rings (SSSR count). The number of hydrogen-bond donors (Lipinski definition) is 1. The van der Waals surface area contributed by atoms with E-state index in [0.29, 0.717) is 0 Å². The highest BCUT2D eigenvalue weighted by atomic mass is 16.5. The molecule has 0 aliphatic carbocycles. The van der Waals surface area contributed by atoms with Crippen molar-refractivity contribution in [2.75, 3.05) is 21.3 Å². The Labute approximate surface area is 72.6 Å². The van der Waals surface area contributed by atoms with Crippen LogP contribution in [0.25, 0.3) is 0 Å². The van der Waals surface area contributed by atoms with Crippen LogP contribution in [0.1, 0.15) is 0 Å². The van der Waals surface area contributed by atoms with E-state index in [-0.39, 0.29) is 0 Å². The maximum absolute atomic E-state index is 7.00. The Kier molecular flexibility index (Phi) is 5.83. The van der Waals surface area contributed by atoms with Crippen LogP contribution in [0.5, 0.6) is 11.5 Å². The monoisotopic (exact) mass is 170 g/mol. The molecule has 3 heteroatoms. The van der Waals surface area contributed by atoms with Gasteiger partial charge in [-0.2, -0.15) is 0 Å². The van der Waals surface area contributed by atoms with Gasteiger partial charge in [0.05, 0.1) is 14.2 Å². The van der Waals surface area contributed by atoms with Gasteiger partial charge in [0.25, 0.3) is 0 Å². The molecule has 0 aliphatic rings. The first-order valence-corrected chi connectivity index (χ1v) is 3.49. The second-order valence-electron chi connectivity index (χ2n) is 1.88. The molecule has 0 heterocycles. The van der Waals surface area contributed by atoms with Crippen molar-refractivity contribution in [3.05, 3.63) is 24.3 Å². The highest BCUT2D eigenvalue weighted by Gasteiger charge is 1.89. The Bertz CT molecular complexity index is 170. The van der Waals surface area contributed by atoms with E-state index < -0.39 is 0 Å². The molecule has 12 heavy (non-hydrogen) atoms. The van der Waals surface area contributed by atoms with Crippen LogP contribution >= 0.6 is 0 Å². The quantitative estimate of drug-likeness (QED) is 0.727. The van der Waals surface area contributed by atoms with Crippen molar-refractivity contribution in [2.45, 2.75) is 0 Å². The summed E-state index contributed by atoms with van der Waals surface area (Å²) >= 11 is 0. The summed E-state index contributed by atoms with van der Waals surface area (Å²) in [7, 11) is 4.28. The molecule has 0 fully saturated rings. The Balaban J connectivity index is 0.000000561. The fourth-order valence-corrected chi connectivity index (χ4v) is 0.712. The third-order valence-corrected chi connectivity index (χ3v) is 1.30. The van der Waals surface area contributed by atoms with Gasteiger partial charge in [-0.15, -0.1) is 0 Å². The van der Waals surface area contributed by atoms with Crippen molar-refractivity contribution >= 4 is 0 Å². The van der Waals surface area contributed by atoms with Crippen LogP contribution in [0.3, 0.4) is 0 Å². The normalized spacial score (nSPS) is 8.00. The standard InChI is InChI=1S/C8H10O2.CH4O/c1-9-7-3-5-8(10-2)6-4-7;1-2/h3-6H,1-2H3;2H,1H3. The van der Waals surface area contributed by atoms with Crippen LogP contribution in [0.4, 0.5) is 0 Å². The largest absolute Gasteiger partial charge is 0.497 e. The first-order valence-electron chi connectivity index (χ1n) is 3.49. The van der Waals surface area contributed by atoms with Gasteiger partial charge in [0.1, 0.15) is 11.5 Å². The van der Waals surface area contributed by atoms with Crippen LogP contribution in [-0.4, -0.2) is 26.4 Å². The van der Waals surface area contributed by atoms with Gasteiger partial charge in [0, 0.05) is 7.11 Å². The summed E-state index contributed by atoms with van der Waals surface area (Å²) in [6, 6.07) is 7.44. The lowest BCUT2D eigenvalue weighted by molar-refractivity contribution is 0.399. The summed E-state index contributed by atoms with van der Waals surface area (Å²) in [5, 5.41) is 7.00. The number of hydrogen-bond acceptors (Lipinski definition) is 3. The summed E-state index contributed by atoms with van der Waals surface area (Å²) in [5.74, 6) is 1.70. The first-order chi connectivity index (χ1) is 5.86.